The average molecular weight is 434 g/mol. The third kappa shape index (κ3) is 6.51. The summed E-state index contributed by atoms with van der Waals surface area (Å²) in [4.78, 5) is 27.4. The molecule has 0 aliphatic heterocycles. The highest BCUT2D eigenvalue weighted by molar-refractivity contribution is 6.36. The van der Waals surface area contributed by atoms with Gasteiger partial charge in [-0.15, -0.1) is 0 Å². The standard InChI is InChI=1S/C22H25Cl2N3O2/c1-22(2,3)21(29)26-19(12-14-6-9-16(10-7-14)27(4)5)20(28)25-18-13-15(23)8-11-17(18)24/h6-13H,1-5H3,(H,25,28)(H,26,29)/b19-12+. The van der Waals surface area contributed by atoms with E-state index in [2.05, 4.69) is 10.6 Å². The molecule has 0 spiro atoms. The minimum absolute atomic E-state index is 0.110. The molecule has 0 aromatic heterocycles. The Balaban J connectivity index is 2.36. The molecule has 0 unspecified atom stereocenters. The molecule has 0 aliphatic rings. The van der Waals surface area contributed by atoms with Gasteiger partial charge in [0.25, 0.3) is 5.91 Å². The molecule has 0 saturated carbocycles. The molecule has 0 heterocycles. The Morgan fingerprint density at radius 1 is 1.00 bits per heavy atom. The van der Waals surface area contributed by atoms with Crippen molar-refractivity contribution in [3.05, 3.63) is 63.8 Å². The fourth-order valence-corrected chi connectivity index (χ4v) is 2.62. The van der Waals surface area contributed by atoms with Gasteiger partial charge in [-0.2, -0.15) is 0 Å². The topological polar surface area (TPSA) is 61.4 Å². The van der Waals surface area contributed by atoms with Crippen LogP contribution in [-0.2, 0) is 9.59 Å². The first-order chi connectivity index (χ1) is 13.5. The summed E-state index contributed by atoms with van der Waals surface area (Å²) >= 11 is 12.1. The average Bonchev–Trinajstić information content (AvgIpc) is 2.63. The lowest BCUT2D eigenvalue weighted by Gasteiger charge is -2.19. The van der Waals surface area contributed by atoms with E-state index in [9.17, 15) is 9.59 Å². The van der Waals surface area contributed by atoms with Crippen LogP contribution in [0.4, 0.5) is 11.4 Å². The van der Waals surface area contributed by atoms with Crippen molar-refractivity contribution >= 4 is 52.5 Å². The van der Waals surface area contributed by atoms with Crippen LogP contribution in [0.1, 0.15) is 26.3 Å². The van der Waals surface area contributed by atoms with E-state index in [0.29, 0.717) is 15.7 Å². The molecule has 2 aromatic carbocycles. The molecule has 0 aliphatic carbocycles. The Hall–Kier alpha value is -2.50. The lowest BCUT2D eigenvalue weighted by Crippen LogP contribution is -2.38. The number of nitrogens with one attached hydrogen (secondary N) is 2. The largest absolute Gasteiger partial charge is 0.378 e. The molecule has 29 heavy (non-hydrogen) atoms. The van der Waals surface area contributed by atoms with Crippen LogP contribution in [0.25, 0.3) is 6.08 Å². The van der Waals surface area contributed by atoms with Crippen LogP contribution >= 0.6 is 23.2 Å². The number of nitrogens with zero attached hydrogens (tertiary/aromatic N) is 1. The predicted octanol–water partition coefficient (Wildman–Crippen LogP) is 5.20. The number of hydrogen-bond acceptors (Lipinski definition) is 3. The molecule has 0 fully saturated rings. The van der Waals surface area contributed by atoms with Gasteiger partial charge in [0.15, 0.2) is 0 Å². The first-order valence-electron chi connectivity index (χ1n) is 9.04. The van der Waals surface area contributed by atoms with Crippen LogP contribution in [0.2, 0.25) is 10.0 Å². The number of benzene rings is 2. The first kappa shape index (κ1) is 22.8. The van der Waals surface area contributed by atoms with Gasteiger partial charge < -0.3 is 15.5 Å². The zero-order valence-corrected chi connectivity index (χ0v) is 18.7. The number of halogens is 2. The van der Waals surface area contributed by atoms with E-state index >= 15 is 0 Å². The quantitative estimate of drug-likeness (QED) is 0.636. The van der Waals surface area contributed by atoms with E-state index in [4.69, 9.17) is 23.2 Å². The van der Waals surface area contributed by atoms with Gasteiger partial charge >= 0.3 is 0 Å². The lowest BCUT2D eigenvalue weighted by molar-refractivity contribution is -0.128. The predicted molar refractivity (Wildman–Crippen MR) is 121 cm³/mol. The monoisotopic (exact) mass is 433 g/mol. The van der Waals surface area contributed by atoms with Gasteiger partial charge in [-0.25, -0.2) is 0 Å². The van der Waals surface area contributed by atoms with Gasteiger partial charge in [-0.3, -0.25) is 9.59 Å². The molecule has 7 heteroatoms. The van der Waals surface area contributed by atoms with Gasteiger partial charge in [-0.1, -0.05) is 56.1 Å². The van der Waals surface area contributed by atoms with Crippen molar-refractivity contribution in [2.24, 2.45) is 5.41 Å². The zero-order chi connectivity index (χ0) is 21.8. The van der Waals surface area contributed by atoms with Crippen LogP contribution in [0.15, 0.2) is 48.2 Å². The van der Waals surface area contributed by atoms with Crippen LogP contribution in [-0.4, -0.2) is 25.9 Å². The van der Waals surface area contributed by atoms with Crippen molar-refractivity contribution in [1.29, 1.82) is 0 Å². The van der Waals surface area contributed by atoms with Crippen molar-refractivity contribution in [2.45, 2.75) is 20.8 Å². The van der Waals surface area contributed by atoms with Crippen LogP contribution < -0.4 is 15.5 Å². The molecule has 0 radical (unpaired) electrons. The summed E-state index contributed by atoms with van der Waals surface area (Å²) in [6.45, 7) is 5.33. The summed E-state index contributed by atoms with van der Waals surface area (Å²) in [5, 5.41) is 6.22. The number of carbonyl (C=O) groups is 2. The summed E-state index contributed by atoms with van der Waals surface area (Å²) in [6, 6.07) is 12.4. The van der Waals surface area contributed by atoms with Gasteiger partial charge in [-0.05, 0) is 42.0 Å². The third-order valence-corrected chi connectivity index (χ3v) is 4.64. The molecular formula is C22H25Cl2N3O2. The fourth-order valence-electron chi connectivity index (χ4n) is 2.29. The zero-order valence-electron chi connectivity index (χ0n) is 17.1. The summed E-state index contributed by atoms with van der Waals surface area (Å²) in [7, 11) is 3.89. The van der Waals surface area contributed by atoms with Crippen molar-refractivity contribution < 1.29 is 9.59 Å². The molecule has 154 valence electrons. The van der Waals surface area contributed by atoms with E-state index < -0.39 is 11.3 Å². The molecular weight excluding hydrogens is 409 g/mol. The van der Waals surface area contributed by atoms with Gasteiger partial charge in [0.2, 0.25) is 5.91 Å². The van der Waals surface area contributed by atoms with E-state index in [1.807, 2.05) is 43.3 Å². The molecule has 2 amide bonds. The minimum Gasteiger partial charge on any atom is -0.378 e. The Bertz CT molecular complexity index is 930. The molecule has 2 N–H and O–H groups in total. The van der Waals surface area contributed by atoms with Crippen molar-refractivity contribution in [1.82, 2.24) is 5.32 Å². The Morgan fingerprint density at radius 2 is 1.62 bits per heavy atom. The molecule has 0 saturated heterocycles. The normalized spacial score (nSPS) is 11.8. The summed E-state index contributed by atoms with van der Waals surface area (Å²) in [5.74, 6) is -0.774. The minimum atomic E-state index is -0.665. The van der Waals surface area contributed by atoms with Crippen molar-refractivity contribution in [2.75, 3.05) is 24.3 Å². The highest BCUT2D eigenvalue weighted by Gasteiger charge is 2.24. The SMILES string of the molecule is CN(C)c1ccc(/C=C(/NC(=O)C(C)(C)C)C(=O)Nc2cc(Cl)ccc2Cl)cc1. The van der Waals surface area contributed by atoms with Gasteiger partial charge in [0.05, 0.1) is 10.7 Å². The molecule has 0 atom stereocenters. The Kier molecular flexibility index (Phi) is 7.33. The first-order valence-corrected chi connectivity index (χ1v) is 9.80. The third-order valence-electron chi connectivity index (χ3n) is 4.07. The van der Waals surface area contributed by atoms with E-state index in [1.54, 1.807) is 45.0 Å². The van der Waals surface area contributed by atoms with Crippen molar-refractivity contribution in [3.63, 3.8) is 0 Å². The molecule has 5 nitrogen and oxygen atoms in total. The van der Waals surface area contributed by atoms with Crippen LogP contribution in [0.3, 0.4) is 0 Å². The van der Waals surface area contributed by atoms with Crippen LogP contribution in [0, 0.1) is 5.41 Å². The molecule has 0 bridgehead atoms. The van der Waals surface area contributed by atoms with Gasteiger partial charge in [0.1, 0.15) is 5.70 Å². The molecule has 2 rings (SSSR count). The van der Waals surface area contributed by atoms with E-state index in [1.165, 1.54) is 0 Å². The highest BCUT2D eigenvalue weighted by atomic mass is 35.5. The van der Waals surface area contributed by atoms with Crippen molar-refractivity contribution in [3.8, 4) is 0 Å². The number of rotatable bonds is 5. The second-order valence-corrected chi connectivity index (χ2v) is 8.67. The maximum absolute atomic E-state index is 12.9. The number of hydrogen-bond donors (Lipinski definition) is 2. The highest BCUT2D eigenvalue weighted by Crippen LogP contribution is 2.26. The fraction of sp³-hybridized carbons (Fsp3) is 0.273. The van der Waals surface area contributed by atoms with Crippen LogP contribution in [0.5, 0.6) is 0 Å². The lowest BCUT2D eigenvalue weighted by atomic mass is 9.95. The summed E-state index contributed by atoms with van der Waals surface area (Å²) < 4.78 is 0. The second kappa shape index (κ2) is 9.33. The smallest absolute Gasteiger partial charge is 0.272 e. The summed E-state index contributed by atoms with van der Waals surface area (Å²) in [6.07, 6.45) is 1.62. The number of amides is 2. The number of anilines is 2. The Morgan fingerprint density at radius 3 is 2.17 bits per heavy atom. The maximum Gasteiger partial charge on any atom is 0.272 e. The van der Waals surface area contributed by atoms with E-state index in [0.717, 1.165) is 11.3 Å². The summed E-state index contributed by atoms with van der Waals surface area (Å²) in [5.41, 5.74) is 1.60. The second-order valence-electron chi connectivity index (χ2n) is 7.83. The molecule has 2 aromatic rings. The maximum atomic E-state index is 12.9. The number of carbonyl (C=O) groups excluding carboxylic acids is 2. The van der Waals surface area contributed by atoms with E-state index in [-0.39, 0.29) is 11.6 Å². The van der Waals surface area contributed by atoms with Gasteiger partial charge in [0, 0.05) is 30.2 Å². The Labute approximate surface area is 181 Å².